The van der Waals surface area contributed by atoms with Gasteiger partial charge in [0.15, 0.2) is 0 Å². The second-order valence-corrected chi connectivity index (χ2v) is 2.64. The van der Waals surface area contributed by atoms with Crippen LogP contribution in [0.25, 0.3) is 0 Å². The van der Waals surface area contributed by atoms with E-state index in [2.05, 4.69) is 0 Å². The molecule has 1 saturated heterocycles. The summed E-state index contributed by atoms with van der Waals surface area (Å²) in [6.07, 6.45) is 0.801. The van der Waals surface area contributed by atoms with E-state index in [-0.39, 0.29) is 11.9 Å². The maximum absolute atomic E-state index is 10.9. The molecule has 1 heterocycles. The first-order chi connectivity index (χ1) is 5.13. The zero-order valence-electron chi connectivity index (χ0n) is 7.79. The Balaban J connectivity index is 0.000000461. The molecular weight excluding hydrogens is 140 g/mol. The van der Waals surface area contributed by atoms with Gasteiger partial charge in [-0.05, 0) is 13.3 Å². The van der Waals surface area contributed by atoms with Gasteiger partial charge in [0.2, 0.25) is 5.91 Å². The number of carbonyl (C=O) groups is 1. The minimum atomic E-state index is -0.245. The Morgan fingerprint density at radius 3 is 2.09 bits per heavy atom. The van der Waals surface area contributed by atoms with Crippen LogP contribution in [0.4, 0.5) is 0 Å². The number of carbonyl (C=O) groups excluding carboxylic acids is 1. The first-order valence-electron chi connectivity index (χ1n) is 4.15. The maximum Gasteiger partial charge on any atom is 0.239 e. The zero-order chi connectivity index (χ0) is 9.02. The minimum Gasteiger partial charge on any atom is -0.342 e. The van der Waals surface area contributed by atoms with E-state index in [4.69, 9.17) is 5.73 Å². The second kappa shape index (κ2) is 4.34. The van der Waals surface area contributed by atoms with Crippen LogP contribution in [0.5, 0.6) is 0 Å². The molecule has 2 unspecified atom stereocenters. The highest BCUT2D eigenvalue weighted by Crippen LogP contribution is 2.13. The van der Waals surface area contributed by atoms with Gasteiger partial charge in [-0.1, -0.05) is 13.8 Å². The van der Waals surface area contributed by atoms with Crippen LogP contribution in [0.1, 0.15) is 27.2 Å². The molecule has 66 valence electrons. The number of amides is 1. The third kappa shape index (κ3) is 2.19. The van der Waals surface area contributed by atoms with Crippen molar-refractivity contribution < 1.29 is 4.79 Å². The Bertz CT molecular complexity index is 136. The highest BCUT2D eigenvalue weighted by molar-refractivity contribution is 5.83. The van der Waals surface area contributed by atoms with Crippen molar-refractivity contribution in [1.82, 2.24) is 4.90 Å². The first kappa shape index (κ1) is 10.4. The number of nitrogens with two attached hydrogens (primary N) is 1. The Hall–Kier alpha value is -0.570. The molecule has 1 aliphatic rings. The first-order valence-corrected chi connectivity index (χ1v) is 4.15. The molecule has 0 aromatic rings. The molecule has 0 radical (unpaired) electrons. The topological polar surface area (TPSA) is 46.3 Å². The molecule has 1 amide bonds. The number of hydrogen-bond acceptors (Lipinski definition) is 2. The van der Waals surface area contributed by atoms with Crippen molar-refractivity contribution in [2.75, 3.05) is 7.05 Å². The van der Waals surface area contributed by atoms with Crippen LogP contribution in [-0.4, -0.2) is 29.9 Å². The molecule has 2 atom stereocenters. The molecule has 1 rings (SSSR count). The largest absolute Gasteiger partial charge is 0.342 e. The van der Waals surface area contributed by atoms with Gasteiger partial charge in [-0.3, -0.25) is 4.79 Å². The van der Waals surface area contributed by atoms with Gasteiger partial charge in [-0.15, -0.1) is 0 Å². The molecule has 0 spiro atoms. The Kier molecular flexibility index (Phi) is 4.11. The van der Waals surface area contributed by atoms with E-state index in [1.807, 2.05) is 20.8 Å². The summed E-state index contributed by atoms with van der Waals surface area (Å²) >= 11 is 0. The second-order valence-electron chi connectivity index (χ2n) is 2.64. The van der Waals surface area contributed by atoms with Gasteiger partial charge in [0.1, 0.15) is 0 Å². The average Bonchev–Trinajstić information content (AvgIpc) is 2.22. The van der Waals surface area contributed by atoms with E-state index in [9.17, 15) is 4.79 Å². The molecule has 3 nitrogen and oxygen atoms in total. The fourth-order valence-corrected chi connectivity index (χ4v) is 1.11. The van der Waals surface area contributed by atoms with Crippen LogP contribution in [0.2, 0.25) is 0 Å². The quantitative estimate of drug-likeness (QED) is 0.561. The highest BCUT2D eigenvalue weighted by atomic mass is 16.2. The predicted octanol–water partition coefficient (Wildman–Crippen LogP) is 0.590. The number of nitrogens with zero attached hydrogens (tertiary/aromatic N) is 1. The average molecular weight is 158 g/mol. The molecule has 0 aliphatic carbocycles. The molecule has 2 N–H and O–H groups in total. The molecule has 0 saturated carbocycles. The normalized spacial score (nSPS) is 29.9. The van der Waals surface area contributed by atoms with E-state index in [1.54, 1.807) is 11.9 Å². The lowest BCUT2D eigenvalue weighted by molar-refractivity contribution is -0.128. The highest BCUT2D eigenvalue weighted by Gasteiger charge is 2.31. The van der Waals surface area contributed by atoms with E-state index in [0.29, 0.717) is 6.04 Å². The third-order valence-corrected chi connectivity index (χ3v) is 1.92. The van der Waals surface area contributed by atoms with Gasteiger partial charge in [0, 0.05) is 13.1 Å². The fraction of sp³-hybridized carbons (Fsp3) is 0.875. The van der Waals surface area contributed by atoms with Crippen molar-refractivity contribution in [1.29, 1.82) is 0 Å². The predicted molar refractivity (Wildman–Crippen MR) is 46.2 cm³/mol. The summed E-state index contributed by atoms with van der Waals surface area (Å²) in [6.45, 7) is 6.00. The summed E-state index contributed by atoms with van der Waals surface area (Å²) in [5.41, 5.74) is 5.47. The number of hydrogen-bond donors (Lipinski definition) is 1. The maximum atomic E-state index is 10.9. The summed E-state index contributed by atoms with van der Waals surface area (Å²) in [4.78, 5) is 12.6. The number of rotatable bonds is 0. The molecule has 11 heavy (non-hydrogen) atoms. The molecule has 0 aromatic carbocycles. The van der Waals surface area contributed by atoms with Crippen molar-refractivity contribution in [3.8, 4) is 0 Å². The lowest BCUT2D eigenvalue weighted by Crippen LogP contribution is -2.32. The lowest BCUT2D eigenvalue weighted by atomic mass is 10.2. The standard InChI is InChI=1S/C6H12N2O.C2H6/c1-4-3-5(7)6(9)8(4)2;1-2/h4-5H,3,7H2,1-2H3;1-2H3. The summed E-state index contributed by atoms with van der Waals surface area (Å²) in [6, 6.07) is 0.0810. The van der Waals surface area contributed by atoms with Crippen molar-refractivity contribution >= 4 is 5.91 Å². The Morgan fingerprint density at radius 2 is 2.00 bits per heavy atom. The zero-order valence-corrected chi connectivity index (χ0v) is 7.79. The molecular formula is C8H18N2O. The van der Waals surface area contributed by atoms with E-state index in [0.717, 1.165) is 6.42 Å². The van der Waals surface area contributed by atoms with E-state index < -0.39 is 0 Å². The van der Waals surface area contributed by atoms with Crippen molar-refractivity contribution in [2.45, 2.75) is 39.3 Å². The SMILES string of the molecule is CC.CC1CC(N)C(=O)N1C. The van der Waals surface area contributed by atoms with Crippen LogP contribution < -0.4 is 5.73 Å². The lowest BCUT2D eigenvalue weighted by Gasteiger charge is -2.13. The summed E-state index contributed by atoms with van der Waals surface area (Å²) < 4.78 is 0. The summed E-state index contributed by atoms with van der Waals surface area (Å²) in [5, 5.41) is 0. The van der Waals surface area contributed by atoms with Gasteiger partial charge < -0.3 is 10.6 Å². The van der Waals surface area contributed by atoms with Crippen LogP contribution in [0.3, 0.4) is 0 Å². The summed E-state index contributed by atoms with van der Waals surface area (Å²) in [7, 11) is 1.79. The third-order valence-electron chi connectivity index (χ3n) is 1.92. The Morgan fingerprint density at radius 1 is 1.55 bits per heavy atom. The van der Waals surface area contributed by atoms with E-state index >= 15 is 0 Å². The van der Waals surface area contributed by atoms with Gasteiger partial charge in [0.25, 0.3) is 0 Å². The van der Waals surface area contributed by atoms with Gasteiger partial charge in [0.05, 0.1) is 6.04 Å². The van der Waals surface area contributed by atoms with E-state index in [1.165, 1.54) is 0 Å². The van der Waals surface area contributed by atoms with Crippen molar-refractivity contribution in [3.05, 3.63) is 0 Å². The fourth-order valence-electron chi connectivity index (χ4n) is 1.11. The smallest absolute Gasteiger partial charge is 0.239 e. The van der Waals surface area contributed by atoms with Crippen molar-refractivity contribution in [2.24, 2.45) is 5.73 Å². The number of likely N-dealkylation sites (tertiary alicyclic amines) is 1. The monoisotopic (exact) mass is 158 g/mol. The minimum absolute atomic E-state index is 0.0718. The van der Waals surface area contributed by atoms with Crippen LogP contribution in [0, 0.1) is 0 Å². The van der Waals surface area contributed by atoms with Crippen LogP contribution in [-0.2, 0) is 4.79 Å². The molecule has 0 aromatic heterocycles. The summed E-state index contributed by atoms with van der Waals surface area (Å²) in [5.74, 6) is 0.0718. The molecule has 3 heteroatoms. The van der Waals surface area contributed by atoms with Gasteiger partial charge >= 0.3 is 0 Å². The van der Waals surface area contributed by atoms with Crippen LogP contribution >= 0.6 is 0 Å². The Labute approximate surface area is 68.6 Å². The molecule has 1 fully saturated rings. The van der Waals surface area contributed by atoms with Gasteiger partial charge in [-0.25, -0.2) is 0 Å². The van der Waals surface area contributed by atoms with Crippen molar-refractivity contribution in [3.63, 3.8) is 0 Å². The molecule has 0 bridgehead atoms. The van der Waals surface area contributed by atoms with Gasteiger partial charge in [-0.2, -0.15) is 0 Å². The molecule has 1 aliphatic heterocycles. The van der Waals surface area contributed by atoms with Crippen LogP contribution in [0.15, 0.2) is 0 Å². The number of likely N-dealkylation sites (N-methyl/N-ethyl adjacent to an activating group) is 1.